The Morgan fingerprint density at radius 1 is 1.62 bits per heavy atom. The van der Waals surface area contributed by atoms with E-state index in [0.717, 1.165) is 0 Å². The second-order valence-corrected chi connectivity index (χ2v) is 3.84. The van der Waals surface area contributed by atoms with Crippen LogP contribution in [0.15, 0.2) is 0 Å². The molecule has 0 amide bonds. The summed E-state index contributed by atoms with van der Waals surface area (Å²) in [5, 5.41) is 3.82. The van der Waals surface area contributed by atoms with Crippen molar-refractivity contribution >= 4 is 5.82 Å². The second-order valence-electron chi connectivity index (χ2n) is 3.84. The van der Waals surface area contributed by atoms with E-state index in [1.54, 1.807) is 0 Å². The molecule has 5 heteroatoms. The van der Waals surface area contributed by atoms with E-state index in [-0.39, 0.29) is 17.4 Å². The van der Waals surface area contributed by atoms with Gasteiger partial charge in [-0.05, 0) is 12.3 Å². The molecule has 13 heavy (non-hydrogen) atoms. The van der Waals surface area contributed by atoms with Crippen molar-refractivity contribution in [1.29, 1.82) is 0 Å². The van der Waals surface area contributed by atoms with Crippen LogP contribution in [-0.2, 0) is 13.0 Å². The summed E-state index contributed by atoms with van der Waals surface area (Å²) in [5.74, 6) is -2.96. The van der Waals surface area contributed by atoms with Crippen LogP contribution in [0.3, 0.4) is 0 Å². The fraction of sp³-hybridized carbons (Fsp3) is 0.625. The standard InChI is InChI=1S/C8H9F2N3/c1-13-6-5(7(11)12-13)3-2-4(3)8(6,9)10/h3-4H,2H2,1H3,(H2,11,12)/t3-,4+/m0/s1. The van der Waals surface area contributed by atoms with Crippen LogP contribution in [0.5, 0.6) is 0 Å². The van der Waals surface area contributed by atoms with E-state index >= 15 is 0 Å². The van der Waals surface area contributed by atoms with Crippen LogP contribution in [0.2, 0.25) is 0 Å². The maximum atomic E-state index is 13.5. The van der Waals surface area contributed by atoms with Gasteiger partial charge in [0.1, 0.15) is 11.5 Å². The normalized spacial score (nSPS) is 32.8. The summed E-state index contributed by atoms with van der Waals surface area (Å²) >= 11 is 0. The van der Waals surface area contributed by atoms with Gasteiger partial charge >= 0.3 is 0 Å². The van der Waals surface area contributed by atoms with Gasteiger partial charge in [0.05, 0.1) is 0 Å². The fourth-order valence-corrected chi connectivity index (χ4v) is 2.41. The zero-order valence-electron chi connectivity index (χ0n) is 7.09. The summed E-state index contributed by atoms with van der Waals surface area (Å²) in [6.45, 7) is 0. The number of aromatic nitrogens is 2. The highest BCUT2D eigenvalue weighted by atomic mass is 19.3. The Kier molecular flexibility index (Phi) is 0.960. The number of fused-ring (bicyclic) bond motifs is 3. The van der Waals surface area contributed by atoms with Gasteiger partial charge in [0, 0.05) is 18.5 Å². The largest absolute Gasteiger partial charge is 0.382 e. The van der Waals surface area contributed by atoms with Crippen molar-refractivity contribution in [3.8, 4) is 0 Å². The number of anilines is 1. The van der Waals surface area contributed by atoms with Crippen LogP contribution < -0.4 is 5.73 Å². The molecule has 0 aliphatic heterocycles. The lowest BCUT2D eigenvalue weighted by atomic mass is 10.1. The van der Waals surface area contributed by atoms with Gasteiger partial charge in [-0.1, -0.05) is 0 Å². The van der Waals surface area contributed by atoms with Crippen molar-refractivity contribution in [2.45, 2.75) is 18.3 Å². The van der Waals surface area contributed by atoms with Gasteiger partial charge in [0.25, 0.3) is 5.92 Å². The average molecular weight is 185 g/mol. The Balaban J connectivity index is 2.31. The molecule has 3 rings (SSSR count). The van der Waals surface area contributed by atoms with E-state index in [0.29, 0.717) is 12.0 Å². The number of nitrogens with two attached hydrogens (primary N) is 1. The molecule has 2 atom stereocenters. The number of halogens is 2. The molecule has 1 heterocycles. The topological polar surface area (TPSA) is 43.8 Å². The highest BCUT2D eigenvalue weighted by molar-refractivity contribution is 5.55. The quantitative estimate of drug-likeness (QED) is 0.660. The van der Waals surface area contributed by atoms with Crippen LogP contribution in [0, 0.1) is 5.92 Å². The molecule has 1 fully saturated rings. The van der Waals surface area contributed by atoms with Gasteiger partial charge < -0.3 is 5.73 Å². The highest BCUT2D eigenvalue weighted by Gasteiger charge is 2.66. The van der Waals surface area contributed by atoms with E-state index in [1.807, 2.05) is 0 Å². The Morgan fingerprint density at radius 2 is 2.31 bits per heavy atom. The maximum Gasteiger partial charge on any atom is 0.293 e. The van der Waals surface area contributed by atoms with Crippen molar-refractivity contribution in [3.05, 3.63) is 11.3 Å². The van der Waals surface area contributed by atoms with Crippen LogP contribution in [-0.4, -0.2) is 9.78 Å². The number of hydrogen-bond acceptors (Lipinski definition) is 2. The molecular weight excluding hydrogens is 176 g/mol. The van der Waals surface area contributed by atoms with Crippen molar-refractivity contribution < 1.29 is 8.78 Å². The van der Waals surface area contributed by atoms with Gasteiger partial charge in [0.2, 0.25) is 0 Å². The molecule has 1 aromatic rings. The Morgan fingerprint density at radius 3 is 2.92 bits per heavy atom. The maximum absolute atomic E-state index is 13.5. The van der Waals surface area contributed by atoms with Crippen LogP contribution in [0.1, 0.15) is 23.6 Å². The van der Waals surface area contributed by atoms with Gasteiger partial charge in [-0.15, -0.1) is 0 Å². The summed E-state index contributed by atoms with van der Waals surface area (Å²) in [6.07, 6.45) is 0.565. The van der Waals surface area contributed by atoms with E-state index in [1.165, 1.54) is 11.7 Å². The first-order valence-corrected chi connectivity index (χ1v) is 4.24. The predicted octanol–water partition coefficient (Wildman–Crippen LogP) is 1.21. The summed E-state index contributed by atoms with van der Waals surface area (Å²) < 4.78 is 28.3. The third kappa shape index (κ3) is 0.629. The third-order valence-electron chi connectivity index (χ3n) is 3.06. The Bertz CT molecular complexity index is 396. The molecule has 2 aliphatic carbocycles. The monoisotopic (exact) mass is 185 g/mol. The van der Waals surface area contributed by atoms with Crippen LogP contribution >= 0.6 is 0 Å². The zero-order chi connectivity index (χ0) is 9.38. The lowest BCUT2D eigenvalue weighted by Gasteiger charge is -2.12. The van der Waals surface area contributed by atoms with Crippen molar-refractivity contribution in [2.75, 3.05) is 5.73 Å². The van der Waals surface area contributed by atoms with Gasteiger partial charge in [-0.25, -0.2) is 0 Å². The number of nitrogen functional groups attached to an aromatic ring is 1. The summed E-state index contributed by atoms with van der Waals surface area (Å²) in [4.78, 5) is 0. The predicted molar refractivity (Wildman–Crippen MR) is 42.4 cm³/mol. The molecule has 0 bridgehead atoms. The molecule has 70 valence electrons. The molecule has 0 aromatic carbocycles. The van der Waals surface area contributed by atoms with Crippen molar-refractivity contribution in [2.24, 2.45) is 13.0 Å². The second kappa shape index (κ2) is 1.71. The zero-order valence-corrected chi connectivity index (χ0v) is 7.09. The first-order valence-electron chi connectivity index (χ1n) is 4.24. The summed E-state index contributed by atoms with van der Waals surface area (Å²) in [5.41, 5.74) is 6.19. The third-order valence-corrected chi connectivity index (χ3v) is 3.06. The molecule has 0 unspecified atom stereocenters. The minimum absolute atomic E-state index is 0.0290. The molecule has 0 spiro atoms. The highest BCUT2D eigenvalue weighted by Crippen LogP contribution is 2.67. The number of aryl methyl sites for hydroxylation is 1. The minimum atomic E-state index is -2.71. The average Bonchev–Trinajstić information content (AvgIpc) is 2.68. The first kappa shape index (κ1) is 7.29. The van der Waals surface area contributed by atoms with Crippen LogP contribution in [0.4, 0.5) is 14.6 Å². The first-order chi connectivity index (χ1) is 6.03. The number of alkyl halides is 2. The number of hydrogen-bond donors (Lipinski definition) is 1. The number of nitrogens with zero attached hydrogens (tertiary/aromatic N) is 2. The fourth-order valence-electron chi connectivity index (χ4n) is 2.41. The summed E-state index contributed by atoms with van der Waals surface area (Å²) in [6, 6.07) is 0. The smallest absolute Gasteiger partial charge is 0.293 e. The molecule has 3 nitrogen and oxygen atoms in total. The molecule has 2 N–H and O–H groups in total. The van der Waals surface area contributed by atoms with Crippen molar-refractivity contribution in [3.63, 3.8) is 0 Å². The van der Waals surface area contributed by atoms with E-state index in [2.05, 4.69) is 5.10 Å². The number of rotatable bonds is 0. The molecule has 0 saturated heterocycles. The van der Waals surface area contributed by atoms with Gasteiger partial charge in [-0.2, -0.15) is 13.9 Å². The SMILES string of the molecule is Cn1nc(N)c2c1C(F)(F)[C@@H]1C[C@H]21. The minimum Gasteiger partial charge on any atom is -0.382 e. The Labute approximate surface area is 73.5 Å². The Hall–Kier alpha value is -1.13. The summed E-state index contributed by atoms with van der Waals surface area (Å²) in [7, 11) is 1.52. The molecule has 1 aromatic heterocycles. The van der Waals surface area contributed by atoms with Crippen molar-refractivity contribution in [1.82, 2.24) is 9.78 Å². The van der Waals surface area contributed by atoms with E-state index in [4.69, 9.17) is 5.73 Å². The lowest BCUT2D eigenvalue weighted by Crippen LogP contribution is -2.18. The molecule has 0 radical (unpaired) electrons. The molecule has 2 aliphatic rings. The van der Waals surface area contributed by atoms with Gasteiger partial charge in [0.15, 0.2) is 0 Å². The van der Waals surface area contributed by atoms with E-state index in [9.17, 15) is 8.78 Å². The van der Waals surface area contributed by atoms with Gasteiger partial charge in [-0.3, -0.25) is 4.68 Å². The molecule has 1 saturated carbocycles. The molecular formula is C8H9F2N3. The van der Waals surface area contributed by atoms with E-state index < -0.39 is 11.8 Å². The van der Waals surface area contributed by atoms with Crippen LogP contribution in [0.25, 0.3) is 0 Å². The lowest BCUT2D eigenvalue weighted by molar-refractivity contribution is -0.0301.